The van der Waals surface area contributed by atoms with E-state index in [0.717, 1.165) is 11.1 Å². The van der Waals surface area contributed by atoms with Crippen LogP contribution in [0.5, 0.6) is 0 Å². The van der Waals surface area contributed by atoms with Crippen LogP contribution in [0.1, 0.15) is 32.2 Å². The molecule has 2 aromatic rings. The summed E-state index contributed by atoms with van der Waals surface area (Å²) in [4.78, 5) is 17.1. The van der Waals surface area contributed by atoms with Crippen LogP contribution in [0.15, 0.2) is 28.8 Å². The summed E-state index contributed by atoms with van der Waals surface area (Å²) >= 11 is 0. The fourth-order valence-electron chi connectivity index (χ4n) is 3.25. The van der Waals surface area contributed by atoms with Gasteiger partial charge in [0.2, 0.25) is 11.7 Å². The Morgan fingerprint density at radius 2 is 1.96 bits per heavy atom. The summed E-state index contributed by atoms with van der Waals surface area (Å²) in [6, 6.07) is 7.74. The number of carboxylic acid groups (broad SMARTS) is 1. The van der Waals surface area contributed by atoms with E-state index in [-0.39, 0.29) is 5.41 Å². The Balaban J connectivity index is 1.98. The van der Waals surface area contributed by atoms with Crippen LogP contribution < -0.4 is 0 Å². The van der Waals surface area contributed by atoms with Gasteiger partial charge in [-0.05, 0) is 11.0 Å². The molecule has 7 nitrogen and oxygen atoms in total. The Bertz CT molecular complexity index is 763. The van der Waals surface area contributed by atoms with Crippen molar-refractivity contribution in [3.63, 3.8) is 0 Å². The summed E-state index contributed by atoms with van der Waals surface area (Å²) < 4.78 is 11.2. The van der Waals surface area contributed by atoms with Crippen LogP contribution in [0.4, 0.5) is 4.79 Å². The van der Waals surface area contributed by atoms with Crippen LogP contribution in [0, 0.1) is 12.3 Å². The minimum atomic E-state index is -0.921. The Hall–Kier alpha value is -2.41. The number of morpholine rings is 1. The van der Waals surface area contributed by atoms with E-state index < -0.39 is 11.7 Å². The van der Waals surface area contributed by atoms with Crippen molar-refractivity contribution in [2.45, 2.75) is 33.3 Å². The monoisotopic (exact) mass is 345 g/mol. The van der Waals surface area contributed by atoms with Crippen molar-refractivity contribution in [3.8, 4) is 11.4 Å². The van der Waals surface area contributed by atoms with Crippen LogP contribution in [-0.2, 0) is 10.3 Å². The highest BCUT2D eigenvalue weighted by molar-refractivity contribution is 5.65. The largest absolute Gasteiger partial charge is 0.465 e. The molecule has 1 amide bonds. The van der Waals surface area contributed by atoms with Gasteiger partial charge >= 0.3 is 6.09 Å². The summed E-state index contributed by atoms with van der Waals surface area (Å²) in [6.07, 6.45) is -0.921. The number of carbonyl (C=O) groups is 1. The molecule has 0 unspecified atom stereocenters. The van der Waals surface area contributed by atoms with Crippen molar-refractivity contribution in [1.82, 2.24) is 15.0 Å². The normalized spacial score (nSPS) is 21.4. The number of benzene rings is 1. The zero-order chi connectivity index (χ0) is 18.2. The lowest BCUT2D eigenvalue weighted by molar-refractivity contribution is -0.166. The van der Waals surface area contributed by atoms with Crippen LogP contribution in [0.3, 0.4) is 0 Å². The zero-order valence-corrected chi connectivity index (χ0v) is 14.9. The molecule has 0 bridgehead atoms. The first-order chi connectivity index (χ1) is 11.7. The van der Waals surface area contributed by atoms with E-state index in [1.165, 1.54) is 4.90 Å². The van der Waals surface area contributed by atoms with Gasteiger partial charge in [0.25, 0.3) is 0 Å². The van der Waals surface area contributed by atoms with Crippen LogP contribution in [0.25, 0.3) is 11.4 Å². The third-order valence-corrected chi connectivity index (χ3v) is 4.74. The maximum Gasteiger partial charge on any atom is 0.407 e. The van der Waals surface area contributed by atoms with Gasteiger partial charge in [-0.3, -0.25) is 0 Å². The Labute approximate surface area is 146 Å². The number of nitrogens with zero attached hydrogens (tertiary/aromatic N) is 3. The van der Waals surface area contributed by atoms with Crippen molar-refractivity contribution in [1.29, 1.82) is 0 Å². The number of aromatic nitrogens is 2. The lowest BCUT2D eigenvalue weighted by Gasteiger charge is -2.50. The molecule has 1 aromatic carbocycles. The predicted octanol–water partition coefficient (Wildman–Crippen LogP) is 3.30. The van der Waals surface area contributed by atoms with Crippen LogP contribution in [0.2, 0.25) is 0 Å². The molecule has 2 heterocycles. The number of hydrogen-bond acceptors (Lipinski definition) is 5. The molecule has 0 spiro atoms. The second-order valence-corrected chi connectivity index (χ2v) is 7.34. The minimum Gasteiger partial charge on any atom is -0.465 e. The van der Waals surface area contributed by atoms with Crippen molar-refractivity contribution < 1.29 is 19.2 Å². The fourth-order valence-corrected chi connectivity index (χ4v) is 3.25. The summed E-state index contributed by atoms with van der Waals surface area (Å²) in [5.74, 6) is 1.04. The van der Waals surface area contributed by atoms with E-state index in [2.05, 4.69) is 30.9 Å². The molecule has 25 heavy (non-hydrogen) atoms. The molecule has 3 rings (SSSR count). The molecule has 134 valence electrons. The number of ether oxygens (including phenoxy) is 1. The smallest absolute Gasteiger partial charge is 0.407 e. The molecule has 1 aromatic heterocycles. The van der Waals surface area contributed by atoms with Gasteiger partial charge < -0.3 is 19.3 Å². The highest BCUT2D eigenvalue weighted by atomic mass is 16.5. The Morgan fingerprint density at radius 3 is 2.48 bits per heavy atom. The van der Waals surface area contributed by atoms with Crippen LogP contribution in [-0.4, -0.2) is 45.9 Å². The second-order valence-electron chi connectivity index (χ2n) is 7.34. The molecule has 1 fully saturated rings. The maximum atomic E-state index is 11.5. The molecule has 7 heteroatoms. The SMILES string of the molecule is Cc1nc(-c2ccc([C@@]3(C(C)(C)C)CN(C(=O)O)CCO3)cc2)no1. The Morgan fingerprint density at radius 1 is 1.28 bits per heavy atom. The van der Waals surface area contributed by atoms with E-state index in [1.54, 1.807) is 6.92 Å². The summed E-state index contributed by atoms with van der Waals surface area (Å²) in [7, 11) is 0. The Kier molecular flexibility index (Phi) is 4.28. The highest BCUT2D eigenvalue weighted by Crippen LogP contribution is 2.45. The molecular formula is C18H23N3O4. The summed E-state index contributed by atoms with van der Waals surface area (Å²) in [5, 5.41) is 13.3. The first-order valence-corrected chi connectivity index (χ1v) is 8.26. The quantitative estimate of drug-likeness (QED) is 0.898. The first-order valence-electron chi connectivity index (χ1n) is 8.26. The van der Waals surface area contributed by atoms with Gasteiger partial charge in [0.15, 0.2) is 0 Å². The molecule has 1 N–H and O–H groups in total. The van der Waals surface area contributed by atoms with Crippen molar-refractivity contribution >= 4 is 6.09 Å². The van der Waals surface area contributed by atoms with E-state index in [9.17, 15) is 9.90 Å². The van der Waals surface area contributed by atoms with Crippen molar-refractivity contribution in [2.75, 3.05) is 19.7 Å². The molecule has 0 aliphatic carbocycles. The zero-order valence-electron chi connectivity index (χ0n) is 14.9. The van der Waals surface area contributed by atoms with Crippen molar-refractivity contribution in [2.24, 2.45) is 5.41 Å². The van der Waals surface area contributed by atoms with Crippen molar-refractivity contribution in [3.05, 3.63) is 35.7 Å². The number of hydrogen-bond donors (Lipinski definition) is 1. The maximum absolute atomic E-state index is 11.5. The number of amides is 1. The number of aryl methyl sites for hydroxylation is 1. The van der Waals surface area contributed by atoms with Gasteiger partial charge in [-0.25, -0.2) is 4.79 Å². The average Bonchev–Trinajstić information content (AvgIpc) is 3.00. The fraction of sp³-hybridized carbons (Fsp3) is 0.500. The van der Waals surface area contributed by atoms with E-state index in [4.69, 9.17) is 9.26 Å². The lowest BCUT2D eigenvalue weighted by atomic mass is 9.71. The lowest BCUT2D eigenvalue weighted by Crippen LogP contribution is -2.57. The summed E-state index contributed by atoms with van der Waals surface area (Å²) in [5.41, 5.74) is 0.784. The first kappa shape index (κ1) is 17.4. The number of rotatable bonds is 2. The third kappa shape index (κ3) is 3.11. The minimum absolute atomic E-state index is 0.286. The summed E-state index contributed by atoms with van der Waals surface area (Å²) in [6.45, 7) is 8.99. The molecule has 0 saturated carbocycles. The van der Waals surface area contributed by atoms with E-state index >= 15 is 0 Å². The molecule has 1 aliphatic rings. The van der Waals surface area contributed by atoms with Gasteiger partial charge in [0.1, 0.15) is 5.60 Å². The second kappa shape index (κ2) is 6.15. The topological polar surface area (TPSA) is 88.7 Å². The van der Waals surface area contributed by atoms with Gasteiger partial charge in [-0.2, -0.15) is 4.98 Å². The van der Waals surface area contributed by atoms with Gasteiger partial charge in [-0.1, -0.05) is 50.2 Å². The van der Waals surface area contributed by atoms with Crippen LogP contribution >= 0.6 is 0 Å². The molecule has 0 radical (unpaired) electrons. The van der Waals surface area contributed by atoms with E-state index in [0.29, 0.717) is 31.4 Å². The standard InChI is InChI=1S/C18H23N3O4/c1-12-19-15(20-25-12)13-5-7-14(8-6-13)18(17(2,3)4)11-21(16(22)23)9-10-24-18/h5-8H,9-11H2,1-4H3,(H,22,23)/t18-/m1/s1. The van der Waals surface area contributed by atoms with E-state index in [1.807, 2.05) is 24.3 Å². The van der Waals surface area contributed by atoms with Gasteiger partial charge in [0, 0.05) is 19.0 Å². The molecule has 1 saturated heterocycles. The van der Waals surface area contributed by atoms with Gasteiger partial charge in [-0.15, -0.1) is 0 Å². The molecular weight excluding hydrogens is 322 g/mol. The molecule has 1 aliphatic heterocycles. The third-order valence-electron chi connectivity index (χ3n) is 4.74. The molecule has 1 atom stereocenters. The highest BCUT2D eigenvalue weighted by Gasteiger charge is 2.48. The average molecular weight is 345 g/mol. The van der Waals surface area contributed by atoms with Gasteiger partial charge in [0.05, 0.1) is 13.2 Å². The predicted molar refractivity (Wildman–Crippen MR) is 91.2 cm³/mol.